The number of nitrogens with one attached hydrogen (secondary N) is 1. The average molecular weight is 288 g/mol. The van der Waals surface area contributed by atoms with E-state index in [-0.39, 0.29) is 6.54 Å². The topological polar surface area (TPSA) is 64.3 Å². The SMILES string of the molecule is NCC1(NC(=O)c2ccc(F)c(F)c2F)CCOCC1. The highest BCUT2D eigenvalue weighted by molar-refractivity contribution is 5.95. The van der Waals surface area contributed by atoms with E-state index in [0.29, 0.717) is 32.1 Å². The van der Waals surface area contributed by atoms with Crippen LogP contribution < -0.4 is 11.1 Å². The van der Waals surface area contributed by atoms with E-state index in [1.165, 1.54) is 0 Å². The fourth-order valence-corrected chi connectivity index (χ4v) is 2.15. The highest BCUT2D eigenvalue weighted by Crippen LogP contribution is 2.21. The lowest BCUT2D eigenvalue weighted by atomic mass is 9.89. The number of carbonyl (C=O) groups is 1. The van der Waals surface area contributed by atoms with Crippen molar-refractivity contribution in [2.24, 2.45) is 5.73 Å². The summed E-state index contributed by atoms with van der Waals surface area (Å²) in [4.78, 5) is 12.0. The van der Waals surface area contributed by atoms with Gasteiger partial charge in [-0.1, -0.05) is 0 Å². The number of nitrogens with two attached hydrogens (primary N) is 1. The maximum absolute atomic E-state index is 13.6. The van der Waals surface area contributed by atoms with Crippen LogP contribution in [0.1, 0.15) is 23.2 Å². The van der Waals surface area contributed by atoms with Gasteiger partial charge in [0.2, 0.25) is 0 Å². The van der Waals surface area contributed by atoms with Gasteiger partial charge in [0.25, 0.3) is 5.91 Å². The van der Waals surface area contributed by atoms with Gasteiger partial charge in [0.15, 0.2) is 17.5 Å². The smallest absolute Gasteiger partial charge is 0.254 e. The molecule has 0 aliphatic carbocycles. The number of amides is 1. The molecule has 3 N–H and O–H groups in total. The standard InChI is InChI=1S/C13H15F3N2O2/c14-9-2-1-8(10(15)11(9)16)12(19)18-13(7-17)3-5-20-6-4-13/h1-2H,3-7,17H2,(H,18,19). The van der Waals surface area contributed by atoms with E-state index >= 15 is 0 Å². The van der Waals surface area contributed by atoms with Crippen molar-refractivity contribution in [2.75, 3.05) is 19.8 Å². The average Bonchev–Trinajstić information content (AvgIpc) is 2.45. The summed E-state index contributed by atoms with van der Waals surface area (Å²) in [5.41, 5.74) is 4.42. The van der Waals surface area contributed by atoms with Crippen LogP contribution in [0.25, 0.3) is 0 Å². The Morgan fingerprint density at radius 3 is 2.50 bits per heavy atom. The number of ether oxygens (including phenoxy) is 1. The first kappa shape index (κ1) is 14.8. The number of hydrogen-bond donors (Lipinski definition) is 2. The normalized spacial score (nSPS) is 17.8. The Morgan fingerprint density at radius 2 is 1.90 bits per heavy atom. The van der Waals surface area contributed by atoms with Crippen molar-refractivity contribution in [3.8, 4) is 0 Å². The summed E-state index contributed by atoms with van der Waals surface area (Å²) in [6.45, 7) is 1.02. The quantitative estimate of drug-likeness (QED) is 0.825. The number of hydrogen-bond acceptors (Lipinski definition) is 3. The number of rotatable bonds is 3. The van der Waals surface area contributed by atoms with Gasteiger partial charge in [0.1, 0.15) is 0 Å². The van der Waals surface area contributed by atoms with Crippen LogP contribution in [0, 0.1) is 17.5 Å². The minimum atomic E-state index is -1.66. The van der Waals surface area contributed by atoms with E-state index in [0.717, 1.165) is 6.07 Å². The zero-order valence-electron chi connectivity index (χ0n) is 10.7. The van der Waals surface area contributed by atoms with Gasteiger partial charge < -0.3 is 15.8 Å². The molecule has 1 heterocycles. The molecule has 0 spiro atoms. The predicted octanol–water partition coefficient (Wildman–Crippen LogP) is 1.34. The second-order valence-corrected chi connectivity index (χ2v) is 4.77. The van der Waals surface area contributed by atoms with Gasteiger partial charge in [-0.3, -0.25) is 4.79 Å². The minimum absolute atomic E-state index is 0.160. The Balaban J connectivity index is 2.21. The first-order chi connectivity index (χ1) is 9.49. The molecule has 110 valence electrons. The lowest BCUT2D eigenvalue weighted by molar-refractivity contribution is 0.0387. The van der Waals surface area contributed by atoms with Gasteiger partial charge >= 0.3 is 0 Å². The molecule has 1 fully saturated rings. The van der Waals surface area contributed by atoms with Crippen LogP contribution in [-0.4, -0.2) is 31.2 Å². The first-order valence-electron chi connectivity index (χ1n) is 6.23. The summed E-state index contributed by atoms with van der Waals surface area (Å²) in [7, 11) is 0. The predicted molar refractivity (Wildman–Crippen MR) is 65.6 cm³/mol. The highest BCUT2D eigenvalue weighted by Gasteiger charge is 2.34. The van der Waals surface area contributed by atoms with Crippen LogP contribution in [0.3, 0.4) is 0 Å². The molecule has 0 atom stereocenters. The van der Waals surface area contributed by atoms with Crippen molar-refractivity contribution in [1.29, 1.82) is 0 Å². The fraction of sp³-hybridized carbons (Fsp3) is 0.462. The monoisotopic (exact) mass is 288 g/mol. The summed E-state index contributed by atoms with van der Waals surface area (Å²) in [5, 5.41) is 2.61. The lowest BCUT2D eigenvalue weighted by Crippen LogP contribution is -2.56. The molecule has 0 unspecified atom stereocenters. The fourth-order valence-electron chi connectivity index (χ4n) is 2.15. The minimum Gasteiger partial charge on any atom is -0.381 e. The highest BCUT2D eigenvalue weighted by atomic mass is 19.2. The van der Waals surface area contributed by atoms with Gasteiger partial charge in [-0.2, -0.15) is 0 Å². The van der Waals surface area contributed by atoms with E-state index in [9.17, 15) is 18.0 Å². The van der Waals surface area contributed by atoms with Crippen molar-refractivity contribution in [3.05, 3.63) is 35.1 Å². The van der Waals surface area contributed by atoms with E-state index in [1.807, 2.05) is 0 Å². The van der Waals surface area contributed by atoms with Gasteiger partial charge in [-0.25, -0.2) is 13.2 Å². The Labute approximate surface area is 114 Å². The third kappa shape index (κ3) is 2.78. The van der Waals surface area contributed by atoms with Gasteiger partial charge in [0.05, 0.1) is 11.1 Å². The van der Waals surface area contributed by atoms with Gasteiger partial charge in [0, 0.05) is 19.8 Å². The first-order valence-corrected chi connectivity index (χ1v) is 6.23. The van der Waals surface area contributed by atoms with Crippen LogP contribution in [-0.2, 0) is 4.74 Å². The van der Waals surface area contributed by atoms with Crippen molar-refractivity contribution in [1.82, 2.24) is 5.32 Å². The molecule has 1 aliphatic rings. The molecule has 20 heavy (non-hydrogen) atoms. The lowest BCUT2D eigenvalue weighted by Gasteiger charge is -2.37. The molecule has 0 radical (unpaired) electrons. The number of halogens is 3. The Bertz CT molecular complexity index is 517. The molecular weight excluding hydrogens is 273 g/mol. The molecule has 1 amide bonds. The Hall–Kier alpha value is -1.60. The Morgan fingerprint density at radius 1 is 1.25 bits per heavy atom. The second-order valence-electron chi connectivity index (χ2n) is 4.77. The van der Waals surface area contributed by atoms with Crippen LogP contribution in [0.5, 0.6) is 0 Å². The molecule has 4 nitrogen and oxygen atoms in total. The van der Waals surface area contributed by atoms with Crippen LogP contribution in [0.15, 0.2) is 12.1 Å². The summed E-state index contributed by atoms with van der Waals surface area (Å²) in [6, 6.07) is 1.62. The van der Waals surface area contributed by atoms with E-state index in [1.54, 1.807) is 0 Å². The Kier molecular flexibility index (Phi) is 4.29. The molecule has 1 aliphatic heterocycles. The molecule has 0 bridgehead atoms. The molecular formula is C13H15F3N2O2. The van der Waals surface area contributed by atoms with E-state index in [4.69, 9.17) is 10.5 Å². The maximum atomic E-state index is 13.6. The number of carbonyl (C=O) groups excluding carboxylic acids is 1. The van der Waals surface area contributed by atoms with Crippen molar-refractivity contribution in [2.45, 2.75) is 18.4 Å². The maximum Gasteiger partial charge on any atom is 0.254 e. The van der Waals surface area contributed by atoms with Crippen LogP contribution in [0.2, 0.25) is 0 Å². The van der Waals surface area contributed by atoms with E-state index < -0.39 is 34.5 Å². The zero-order chi connectivity index (χ0) is 14.8. The summed E-state index contributed by atoms with van der Waals surface area (Å²) in [5.74, 6) is -5.31. The third-order valence-corrected chi connectivity index (χ3v) is 3.50. The second kappa shape index (κ2) is 5.80. The molecule has 2 rings (SSSR count). The number of benzene rings is 1. The van der Waals surface area contributed by atoms with Gasteiger partial charge in [-0.15, -0.1) is 0 Å². The molecule has 0 saturated carbocycles. The van der Waals surface area contributed by atoms with E-state index in [2.05, 4.69) is 5.32 Å². The van der Waals surface area contributed by atoms with Crippen molar-refractivity contribution in [3.63, 3.8) is 0 Å². The van der Waals surface area contributed by atoms with Crippen LogP contribution >= 0.6 is 0 Å². The molecule has 1 aromatic carbocycles. The third-order valence-electron chi connectivity index (χ3n) is 3.50. The summed E-state index contributed by atoms with van der Waals surface area (Å²) in [6.07, 6.45) is 0.973. The van der Waals surface area contributed by atoms with Gasteiger partial charge in [-0.05, 0) is 25.0 Å². The molecule has 7 heteroatoms. The summed E-state index contributed by atoms with van der Waals surface area (Å²) < 4.78 is 44.7. The molecule has 1 aromatic rings. The van der Waals surface area contributed by atoms with Crippen molar-refractivity contribution < 1.29 is 22.7 Å². The largest absolute Gasteiger partial charge is 0.381 e. The van der Waals surface area contributed by atoms with Crippen molar-refractivity contribution >= 4 is 5.91 Å². The summed E-state index contributed by atoms with van der Waals surface area (Å²) >= 11 is 0. The molecule has 0 aromatic heterocycles. The van der Waals surface area contributed by atoms with Crippen LogP contribution in [0.4, 0.5) is 13.2 Å². The molecule has 1 saturated heterocycles. The zero-order valence-corrected chi connectivity index (χ0v) is 10.7.